The van der Waals surface area contributed by atoms with Gasteiger partial charge in [-0.1, -0.05) is 22.0 Å². The Labute approximate surface area is 105 Å². The van der Waals surface area contributed by atoms with Crippen molar-refractivity contribution >= 4 is 27.3 Å². The second kappa shape index (κ2) is 5.03. The molecule has 84 valence electrons. The van der Waals surface area contributed by atoms with Gasteiger partial charge in [0.05, 0.1) is 5.51 Å². The molecular weight excluding hydrogens is 291 g/mol. The third-order valence-corrected chi connectivity index (χ3v) is 3.76. The van der Waals surface area contributed by atoms with Crippen molar-refractivity contribution < 1.29 is 4.39 Å². The molecule has 1 heterocycles. The quantitative estimate of drug-likeness (QED) is 0.945. The number of benzene rings is 1. The van der Waals surface area contributed by atoms with Crippen LogP contribution in [0.25, 0.3) is 0 Å². The Morgan fingerprint density at radius 2 is 2.31 bits per heavy atom. The molecule has 16 heavy (non-hydrogen) atoms. The van der Waals surface area contributed by atoms with Crippen LogP contribution in [0.2, 0.25) is 0 Å². The number of halogens is 2. The minimum atomic E-state index is -0.263. The van der Waals surface area contributed by atoms with Crippen molar-refractivity contribution in [1.82, 2.24) is 4.98 Å². The highest BCUT2D eigenvalue weighted by Crippen LogP contribution is 2.26. The standard InChI is InChI=1S/C11H10BrFN2S/c12-10-3-7(13)1-2-9(10)11(14)4-8-5-15-6-16-8/h1-3,5-6,11H,4,14H2. The van der Waals surface area contributed by atoms with E-state index in [-0.39, 0.29) is 11.9 Å². The summed E-state index contributed by atoms with van der Waals surface area (Å²) in [6.45, 7) is 0. The third-order valence-electron chi connectivity index (χ3n) is 2.27. The Kier molecular flexibility index (Phi) is 3.68. The average molecular weight is 301 g/mol. The van der Waals surface area contributed by atoms with E-state index < -0.39 is 0 Å². The first kappa shape index (κ1) is 11.7. The first-order chi connectivity index (χ1) is 7.66. The second-order valence-corrected chi connectivity index (χ2v) is 5.27. The molecule has 0 bridgehead atoms. The Morgan fingerprint density at radius 3 is 2.94 bits per heavy atom. The maximum Gasteiger partial charge on any atom is 0.124 e. The highest BCUT2D eigenvalue weighted by molar-refractivity contribution is 9.10. The molecule has 2 rings (SSSR count). The summed E-state index contributed by atoms with van der Waals surface area (Å²) in [5.41, 5.74) is 8.75. The van der Waals surface area contributed by atoms with Gasteiger partial charge in [-0.05, 0) is 17.7 Å². The van der Waals surface area contributed by atoms with Gasteiger partial charge in [0.25, 0.3) is 0 Å². The molecule has 5 heteroatoms. The van der Waals surface area contributed by atoms with Crippen LogP contribution in [0, 0.1) is 5.82 Å². The maximum atomic E-state index is 12.9. The molecule has 0 saturated heterocycles. The van der Waals surface area contributed by atoms with Crippen molar-refractivity contribution in [1.29, 1.82) is 0 Å². The van der Waals surface area contributed by atoms with Crippen LogP contribution >= 0.6 is 27.3 Å². The SMILES string of the molecule is NC(Cc1cncs1)c1ccc(F)cc1Br. The van der Waals surface area contributed by atoms with Gasteiger partial charge >= 0.3 is 0 Å². The first-order valence-corrected chi connectivity index (χ1v) is 6.42. The van der Waals surface area contributed by atoms with Gasteiger partial charge < -0.3 is 5.73 Å². The molecule has 0 aliphatic carbocycles. The van der Waals surface area contributed by atoms with Crippen LogP contribution in [0.3, 0.4) is 0 Å². The van der Waals surface area contributed by atoms with Crippen molar-refractivity contribution in [3.8, 4) is 0 Å². The van der Waals surface area contributed by atoms with E-state index >= 15 is 0 Å². The lowest BCUT2D eigenvalue weighted by Gasteiger charge is -2.12. The van der Waals surface area contributed by atoms with Crippen LogP contribution in [0.4, 0.5) is 4.39 Å². The molecule has 0 aliphatic heterocycles. The lowest BCUT2D eigenvalue weighted by molar-refractivity contribution is 0.623. The molecule has 2 nitrogen and oxygen atoms in total. The van der Waals surface area contributed by atoms with E-state index in [0.717, 1.165) is 16.9 Å². The van der Waals surface area contributed by atoms with Crippen LogP contribution in [-0.4, -0.2) is 4.98 Å². The van der Waals surface area contributed by atoms with Crippen LogP contribution in [0.15, 0.2) is 34.4 Å². The number of hydrogen-bond donors (Lipinski definition) is 1. The van der Waals surface area contributed by atoms with Gasteiger partial charge in [-0.3, -0.25) is 4.98 Å². The van der Waals surface area contributed by atoms with Crippen LogP contribution in [0.5, 0.6) is 0 Å². The summed E-state index contributed by atoms with van der Waals surface area (Å²) in [5, 5.41) is 0. The van der Waals surface area contributed by atoms with Crippen molar-refractivity contribution in [3.63, 3.8) is 0 Å². The molecule has 0 fully saturated rings. The highest BCUT2D eigenvalue weighted by atomic mass is 79.9. The van der Waals surface area contributed by atoms with Gasteiger partial charge in [-0.2, -0.15) is 0 Å². The predicted octanol–water partition coefficient (Wildman–Crippen LogP) is 3.29. The second-order valence-electron chi connectivity index (χ2n) is 3.44. The van der Waals surface area contributed by atoms with E-state index in [4.69, 9.17) is 5.73 Å². The van der Waals surface area contributed by atoms with E-state index in [9.17, 15) is 4.39 Å². The van der Waals surface area contributed by atoms with Gasteiger partial charge in [-0.25, -0.2) is 4.39 Å². The number of rotatable bonds is 3. The Hall–Kier alpha value is -0.780. The van der Waals surface area contributed by atoms with Crippen molar-refractivity contribution in [2.75, 3.05) is 0 Å². The molecule has 0 saturated carbocycles. The summed E-state index contributed by atoms with van der Waals surface area (Å²) in [6, 6.07) is 4.43. The van der Waals surface area contributed by atoms with Crippen LogP contribution < -0.4 is 5.73 Å². The molecule has 1 aromatic heterocycles. The molecule has 1 aromatic carbocycles. The number of nitrogens with two attached hydrogens (primary N) is 1. The van der Waals surface area contributed by atoms with Gasteiger partial charge in [-0.15, -0.1) is 11.3 Å². The van der Waals surface area contributed by atoms with Gasteiger partial charge in [0, 0.05) is 28.0 Å². The highest BCUT2D eigenvalue weighted by Gasteiger charge is 2.12. The summed E-state index contributed by atoms with van der Waals surface area (Å²) in [5.74, 6) is -0.263. The first-order valence-electron chi connectivity index (χ1n) is 4.74. The molecule has 0 radical (unpaired) electrons. The fraction of sp³-hybridized carbons (Fsp3) is 0.182. The van der Waals surface area contributed by atoms with Gasteiger partial charge in [0.15, 0.2) is 0 Å². The lowest BCUT2D eigenvalue weighted by atomic mass is 10.0. The Balaban J connectivity index is 2.17. The largest absolute Gasteiger partial charge is 0.324 e. The van der Waals surface area contributed by atoms with E-state index in [1.165, 1.54) is 12.1 Å². The summed E-state index contributed by atoms with van der Waals surface area (Å²) in [4.78, 5) is 5.13. The summed E-state index contributed by atoms with van der Waals surface area (Å²) < 4.78 is 13.6. The molecule has 2 aromatic rings. The third kappa shape index (κ3) is 2.66. The smallest absolute Gasteiger partial charge is 0.124 e. The number of hydrogen-bond acceptors (Lipinski definition) is 3. The number of thiazole rings is 1. The Bertz CT molecular complexity index is 473. The predicted molar refractivity (Wildman–Crippen MR) is 66.8 cm³/mol. The fourth-order valence-electron chi connectivity index (χ4n) is 1.47. The Morgan fingerprint density at radius 1 is 1.50 bits per heavy atom. The average Bonchev–Trinajstić information content (AvgIpc) is 2.70. The minimum absolute atomic E-state index is 0.143. The minimum Gasteiger partial charge on any atom is -0.324 e. The van der Waals surface area contributed by atoms with E-state index in [2.05, 4.69) is 20.9 Å². The zero-order valence-corrected chi connectivity index (χ0v) is 10.8. The molecular formula is C11H10BrFN2S. The number of aromatic nitrogens is 1. The molecule has 1 unspecified atom stereocenters. The summed E-state index contributed by atoms with van der Waals surface area (Å²) >= 11 is 4.89. The van der Waals surface area contributed by atoms with Crippen molar-refractivity contribution in [2.45, 2.75) is 12.5 Å². The molecule has 1 atom stereocenters. The zero-order valence-electron chi connectivity index (χ0n) is 8.36. The van der Waals surface area contributed by atoms with Crippen molar-refractivity contribution in [3.05, 3.63) is 50.6 Å². The topological polar surface area (TPSA) is 38.9 Å². The molecule has 0 aliphatic rings. The van der Waals surface area contributed by atoms with Crippen molar-refractivity contribution in [2.24, 2.45) is 5.73 Å². The molecule has 2 N–H and O–H groups in total. The van der Waals surface area contributed by atoms with Gasteiger partial charge in [0.1, 0.15) is 5.82 Å². The summed E-state index contributed by atoms with van der Waals surface area (Å²) in [6.07, 6.45) is 2.52. The lowest BCUT2D eigenvalue weighted by Crippen LogP contribution is -2.13. The number of nitrogens with zero attached hydrogens (tertiary/aromatic N) is 1. The fourth-order valence-corrected chi connectivity index (χ4v) is 2.77. The van der Waals surface area contributed by atoms with Crippen LogP contribution in [0.1, 0.15) is 16.5 Å². The molecule has 0 amide bonds. The van der Waals surface area contributed by atoms with Crippen LogP contribution in [-0.2, 0) is 6.42 Å². The van der Waals surface area contributed by atoms with E-state index in [0.29, 0.717) is 4.47 Å². The monoisotopic (exact) mass is 300 g/mol. The van der Waals surface area contributed by atoms with Gasteiger partial charge in [0.2, 0.25) is 0 Å². The molecule has 0 spiro atoms. The zero-order chi connectivity index (χ0) is 11.5. The summed E-state index contributed by atoms with van der Waals surface area (Å²) in [7, 11) is 0. The normalized spacial score (nSPS) is 12.7. The van der Waals surface area contributed by atoms with E-state index in [1.807, 2.05) is 6.20 Å². The van der Waals surface area contributed by atoms with E-state index in [1.54, 1.807) is 22.9 Å². The maximum absolute atomic E-state index is 12.9.